The minimum absolute atomic E-state index is 0.102. The summed E-state index contributed by atoms with van der Waals surface area (Å²) in [5.74, 6) is -0.627. The fraction of sp³-hybridized carbons (Fsp3) is 0.406. The molecule has 1 unspecified atom stereocenters. The first-order chi connectivity index (χ1) is 20.0. The molecule has 0 amide bonds. The molecule has 0 heterocycles. The van der Waals surface area contributed by atoms with Crippen molar-refractivity contribution in [3.63, 3.8) is 0 Å². The number of esters is 1. The van der Waals surface area contributed by atoms with Gasteiger partial charge in [0.1, 0.15) is 19.3 Å². The van der Waals surface area contributed by atoms with Crippen LogP contribution < -0.4 is 10.4 Å². The van der Waals surface area contributed by atoms with Crippen molar-refractivity contribution in [3.8, 4) is 0 Å². The van der Waals surface area contributed by atoms with E-state index in [1.165, 1.54) is 10.4 Å². The van der Waals surface area contributed by atoms with Crippen molar-refractivity contribution in [3.05, 3.63) is 96.6 Å². The fourth-order valence-corrected chi connectivity index (χ4v) is 9.44. The van der Waals surface area contributed by atoms with Crippen molar-refractivity contribution in [1.29, 1.82) is 0 Å². The molecule has 0 spiro atoms. The van der Waals surface area contributed by atoms with Crippen LogP contribution in [0.5, 0.6) is 0 Å². The smallest absolute Gasteiger partial charge is 0.332 e. The molecule has 3 aromatic rings. The summed E-state index contributed by atoms with van der Waals surface area (Å²) < 4.78 is 27.6. The van der Waals surface area contributed by atoms with Crippen LogP contribution in [0.3, 0.4) is 0 Å². The molecule has 1 atom stereocenters. The van der Waals surface area contributed by atoms with Crippen LogP contribution in [0, 0.1) is 0 Å². The molecule has 42 heavy (non-hydrogen) atoms. The van der Waals surface area contributed by atoms with Crippen molar-refractivity contribution < 1.29 is 28.2 Å². The molecule has 0 bridgehead atoms. The zero-order valence-corrected chi connectivity index (χ0v) is 27.5. The highest BCUT2D eigenvalue weighted by Crippen LogP contribution is 2.36. The van der Waals surface area contributed by atoms with Gasteiger partial charge < -0.3 is 23.4 Å². The molecule has 0 N–H and O–H groups in total. The Kier molecular flexibility index (Phi) is 13.8. The highest BCUT2D eigenvalue weighted by Gasteiger charge is 2.50. The molecule has 0 saturated carbocycles. The first kappa shape index (κ1) is 34.5. The van der Waals surface area contributed by atoms with E-state index in [0.717, 1.165) is 5.56 Å². The van der Waals surface area contributed by atoms with Crippen molar-refractivity contribution >= 4 is 59.5 Å². The molecule has 0 fully saturated rings. The number of carbonyl (C=O) groups excluding carboxylic acids is 1. The van der Waals surface area contributed by atoms with Crippen LogP contribution in [0.1, 0.15) is 32.4 Å². The lowest BCUT2D eigenvalue weighted by molar-refractivity contribution is -0.150. The Bertz CT molecular complexity index is 1150. The first-order valence-corrected chi connectivity index (χ1v) is 16.9. The lowest BCUT2D eigenvalue weighted by Crippen LogP contribution is -2.66. The molecule has 0 aromatic heterocycles. The Morgan fingerprint density at radius 1 is 0.738 bits per heavy atom. The highest BCUT2D eigenvalue weighted by atomic mass is 35.6. The predicted molar refractivity (Wildman–Crippen MR) is 172 cm³/mol. The van der Waals surface area contributed by atoms with Gasteiger partial charge in [-0.15, -0.1) is 0 Å². The molecule has 10 heteroatoms. The van der Waals surface area contributed by atoms with Gasteiger partial charge >= 0.3 is 5.97 Å². The van der Waals surface area contributed by atoms with E-state index in [4.69, 9.17) is 58.2 Å². The number of rotatable bonds is 16. The molecule has 3 aromatic carbocycles. The number of ether oxygens (including phenoxy) is 4. The molecule has 3 rings (SSSR count). The number of halogens is 3. The van der Waals surface area contributed by atoms with Gasteiger partial charge in [-0.25, -0.2) is 4.79 Å². The van der Waals surface area contributed by atoms with Gasteiger partial charge in [0.2, 0.25) is 3.79 Å². The highest BCUT2D eigenvalue weighted by molar-refractivity contribution is 6.99. The molecule has 0 aliphatic carbocycles. The Labute approximate surface area is 265 Å². The molecular weight excluding hydrogens is 615 g/mol. The second-order valence-corrected chi connectivity index (χ2v) is 17.5. The third-order valence-electron chi connectivity index (χ3n) is 6.57. The summed E-state index contributed by atoms with van der Waals surface area (Å²) in [6, 6.07) is 30.7. The van der Waals surface area contributed by atoms with Crippen LogP contribution >= 0.6 is 34.8 Å². The van der Waals surface area contributed by atoms with Crippen molar-refractivity contribution in [2.24, 2.45) is 0 Å². The monoisotopic (exact) mass is 652 g/mol. The number of alkyl halides is 3. The second kappa shape index (κ2) is 16.8. The van der Waals surface area contributed by atoms with E-state index in [0.29, 0.717) is 26.4 Å². The van der Waals surface area contributed by atoms with E-state index in [-0.39, 0.29) is 24.9 Å². The van der Waals surface area contributed by atoms with Gasteiger partial charge in [-0.1, -0.05) is 147 Å². The minimum Gasteiger partial charge on any atom is -0.459 e. The van der Waals surface area contributed by atoms with E-state index in [2.05, 4.69) is 69.3 Å². The van der Waals surface area contributed by atoms with Gasteiger partial charge in [0.05, 0.1) is 33.0 Å². The molecule has 0 aliphatic heterocycles. The normalized spacial score (nSPS) is 13.1. The van der Waals surface area contributed by atoms with Gasteiger partial charge in [0, 0.05) is 0 Å². The van der Waals surface area contributed by atoms with E-state index in [1.807, 2.05) is 42.5 Å². The molecule has 0 aliphatic rings. The number of hydrogen-bond acceptors (Lipinski definition) is 6. The molecule has 228 valence electrons. The summed E-state index contributed by atoms with van der Waals surface area (Å²) in [7, 11) is -2.61. The largest absolute Gasteiger partial charge is 0.459 e. The van der Waals surface area contributed by atoms with Crippen LogP contribution in [0.25, 0.3) is 0 Å². The van der Waals surface area contributed by atoms with Crippen LogP contribution in [-0.4, -0.2) is 64.3 Å². The van der Waals surface area contributed by atoms with Gasteiger partial charge in [-0.3, -0.25) is 0 Å². The zero-order valence-electron chi connectivity index (χ0n) is 24.3. The van der Waals surface area contributed by atoms with Gasteiger partial charge in [0.25, 0.3) is 8.32 Å². The lowest BCUT2D eigenvalue weighted by Gasteiger charge is -2.43. The topological polar surface area (TPSA) is 63.2 Å². The SMILES string of the molecule is CC(C)(C)[Si](OCCOCCOC(COCC(=O)OCC(Cl)(Cl)Cl)c1ccccc1)(c1ccccc1)c1ccccc1. The maximum Gasteiger partial charge on any atom is 0.332 e. The number of hydrogen-bond donors (Lipinski definition) is 0. The van der Waals surface area contributed by atoms with E-state index in [1.54, 1.807) is 0 Å². The van der Waals surface area contributed by atoms with E-state index in [9.17, 15) is 4.79 Å². The average molecular weight is 654 g/mol. The van der Waals surface area contributed by atoms with E-state index >= 15 is 0 Å². The van der Waals surface area contributed by atoms with Crippen molar-refractivity contribution in [2.45, 2.75) is 35.7 Å². The summed E-state index contributed by atoms with van der Waals surface area (Å²) in [6.07, 6.45) is -0.399. The quantitative estimate of drug-likeness (QED) is 0.0787. The van der Waals surface area contributed by atoms with Crippen LogP contribution in [0.15, 0.2) is 91.0 Å². The first-order valence-electron chi connectivity index (χ1n) is 13.8. The molecule has 0 radical (unpaired) electrons. The summed E-state index contributed by atoms with van der Waals surface area (Å²) in [4.78, 5) is 11.9. The summed E-state index contributed by atoms with van der Waals surface area (Å²) in [5, 5.41) is 2.36. The standard InChI is InChI=1S/C32H39Cl3O6Si/c1-31(2,3)42(27-15-9-5-10-16-27,28-17-11-6-12-18-28)41-22-20-37-19-21-39-29(26-13-7-4-8-14-26)23-38-24-30(36)40-25-32(33,34)35/h4-18,29H,19-25H2,1-3H3. The van der Waals surface area contributed by atoms with Crippen LogP contribution in [0.2, 0.25) is 5.04 Å². The maximum atomic E-state index is 11.9. The van der Waals surface area contributed by atoms with Crippen molar-refractivity contribution in [2.75, 3.05) is 46.2 Å². The Morgan fingerprint density at radius 2 is 1.26 bits per heavy atom. The second-order valence-electron chi connectivity index (χ2n) is 10.7. The summed E-state index contributed by atoms with van der Waals surface area (Å²) in [6.45, 7) is 7.84. The summed E-state index contributed by atoms with van der Waals surface area (Å²) >= 11 is 16.9. The van der Waals surface area contributed by atoms with E-state index < -0.39 is 24.2 Å². The van der Waals surface area contributed by atoms with Crippen LogP contribution in [-0.2, 0) is 28.2 Å². The average Bonchev–Trinajstić information content (AvgIpc) is 2.97. The molecule has 0 saturated heterocycles. The zero-order chi connectivity index (χ0) is 30.5. The van der Waals surface area contributed by atoms with Gasteiger partial charge in [0.15, 0.2) is 0 Å². The fourth-order valence-electron chi connectivity index (χ4n) is 4.73. The number of benzene rings is 3. The lowest BCUT2D eigenvalue weighted by atomic mass is 10.1. The molecule has 6 nitrogen and oxygen atoms in total. The van der Waals surface area contributed by atoms with Gasteiger partial charge in [-0.2, -0.15) is 0 Å². The summed E-state index contributed by atoms with van der Waals surface area (Å²) in [5.41, 5.74) is 0.919. The van der Waals surface area contributed by atoms with Gasteiger partial charge in [-0.05, 0) is 21.0 Å². The maximum absolute atomic E-state index is 11.9. The van der Waals surface area contributed by atoms with Crippen molar-refractivity contribution in [1.82, 2.24) is 0 Å². The number of carbonyl (C=O) groups is 1. The third kappa shape index (κ3) is 10.6. The minimum atomic E-state index is -2.61. The predicted octanol–water partition coefficient (Wildman–Crippen LogP) is 6.27. The Hall–Kier alpha value is -1.94. The Balaban J connectivity index is 1.52. The van der Waals surface area contributed by atoms with Crippen LogP contribution in [0.4, 0.5) is 0 Å². The molecular formula is C32H39Cl3O6Si. The third-order valence-corrected chi connectivity index (χ3v) is 11.9. The Morgan fingerprint density at radius 3 is 1.79 bits per heavy atom.